The number of likely N-dealkylation sites (N-methyl/N-ethyl adjacent to an activating group) is 1. The number of benzene rings is 1. The van der Waals surface area contributed by atoms with Crippen LogP contribution in [0.2, 0.25) is 0 Å². The number of nitrogens with two attached hydrogens (primary N) is 1. The van der Waals surface area contributed by atoms with Crippen LogP contribution in [0.25, 0.3) is 0 Å². The number of hydrogen-bond acceptors (Lipinski definition) is 11. The number of carbonyl (C=O) groups excluding carboxylic acids is 6. The molecule has 4 rings (SSSR count). The Morgan fingerprint density at radius 3 is 2.29 bits per heavy atom. The van der Waals surface area contributed by atoms with Crippen LogP contribution >= 0.6 is 0 Å². The number of carbonyl (C=O) groups is 6. The van der Waals surface area contributed by atoms with Crippen molar-refractivity contribution in [1.29, 1.82) is 0 Å². The highest BCUT2D eigenvalue weighted by Gasteiger charge is 2.69. The number of ketones is 4. The lowest BCUT2D eigenvalue weighted by molar-refractivity contribution is -0.181. The molecule has 1 aromatic rings. The van der Waals surface area contributed by atoms with Gasteiger partial charge in [-0.25, -0.2) is 0 Å². The normalized spacial score (nSPS) is 30.4. The summed E-state index contributed by atoms with van der Waals surface area (Å²) in [6.07, 6.45) is 0.0155. The van der Waals surface area contributed by atoms with Crippen molar-refractivity contribution in [3.8, 4) is 5.75 Å². The zero-order chi connectivity index (χ0) is 28.4. The minimum atomic E-state index is -2.82. The Labute approximate surface area is 217 Å². The number of primary amides is 1. The Bertz CT molecular complexity index is 1290. The van der Waals surface area contributed by atoms with Crippen LogP contribution in [-0.2, 0) is 30.4 Å². The quantitative estimate of drug-likeness (QED) is 0.205. The lowest BCUT2D eigenvalue weighted by Crippen LogP contribution is -2.74. The number of nitrogens with zero attached hydrogens (tertiary/aromatic N) is 2. The van der Waals surface area contributed by atoms with E-state index in [9.17, 15) is 39.0 Å². The summed E-state index contributed by atoms with van der Waals surface area (Å²) in [5, 5.41) is 34.0. The van der Waals surface area contributed by atoms with E-state index in [1.54, 1.807) is 19.0 Å². The molecule has 4 unspecified atom stereocenters. The molecule has 0 radical (unpaired) electrons. The van der Waals surface area contributed by atoms with Gasteiger partial charge in [-0.05, 0) is 44.5 Å². The fraction of sp³-hybridized carbons (Fsp3) is 0.520. The van der Waals surface area contributed by atoms with Gasteiger partial charge in [-0.3, -0.25) is 33.7 Å². The summed E-state index contributed by atoms with van der Waals surface area (Å²) in [6.45, 7) is -0.881. The van der Waals surface area contributed by atoms with E-state index in [-0.39, 0.29) is 24.1 Å². The summed E-state index contributed by atoms with van der Waals surface area (Å²) in [4.78, 5) is 81.1. The van der Waals surface area contributed by atoms with Gasteiger partial charge in [0.15, 0.2) is 34.7 Å². The van der Waals surface area contributed by atoms with E-state index in [0.29, 0.717) is 11.3 Å². The molecule has 0 saturated heterocycles. The smallest absolute Gasteiger partial charge is 0.250 e. The summed E-state index contributed by atoms with van der Waals surface area (Å²) >= 11 is 0. The van der Waals surface area contributed by atoms with E-state index in [2.05, 4.69) is 5.32 Å². The first-order valence-corrected chi connectivity index (χ1v) is 12.0. The van der Waals surface area contributed by atoms with Crippen LogP contribution in [-0.4, -0.2) is 102 Å². The largest absolute Gasteiger partial charge is 0.505 e. The van der Waals surface area contributed by atoms with Crippen LogP contribution in [0.5, 0.6) is 5.75 Å². The van der Waals surface area contributed by atoms with Gasteiger partial charge in [-0.1, -0.05) is 0 Å². The van der Waals surface area contributed by atoms with E-state index in [1.807, 2.05) is 0 Å². The third-order valence-corrected chi connectivity index (χ3v) is 7.94. The number of anilines is 2. The molecule has 0 heterocycles. The van der Waals surface area contributed by atoms with Crippen LogP contribution in [0, 0.1) is 23.7 Å². The van der Waals surface area contributed by atoms with Gasteiger partial charge in [0.05, 0.1) is 23.2 Å². The molecule has 13 heteroatoms. The first-order valence-electron chi connectivity index (χ1n) is 12.0. The zero-order valence-electron chi connectivity index (χ0n) is 21.3. The van der Waals surface area contributed by atoms with E-state index < -0.39 is 82.6 Å². The van der Waals surface area contributed by atoms with Crippen LogP contribution in [0.15, 0.2) is 6.07 Å². The van der Waals surface area contributed by atoms with Gasteiger partial charge in [-0.2, -0.15) is 0 Å². The number of phenolic OH excluding ortho intramolecular Hbond substituents is 1. The molecular weight excluding hydrogens is 500 g/mol. The SMILES string of the molecule is CN(C)c1cc(NC(=O)CO)c(O)c2c1CC1CC3[C@H](N(C)C)C(=O)C(C(N)=O)C(=O)[C@@]3(O)C(=O)C1C2=O. The summed E-state index contributed by atoms with van der Waals surface area (Å²) in [7, 11) is 6.38. The molecule has 2 fully saturated rings. The summed E-state index contributed by atoms with van der Waals surface area (Å²) in [5.41, 5.74) is 2.92. The van der Waals surface area contributed by atoms with Crippen molar-refractivity contribution in [2.24, 2.45) is 29.4 Å². The maximum atomic E-state index is 13.9. The molecule has 1 aromatic carbocycles. The monoisotopic (exact) mass is 530 g/mol. The highest BCUT2D eigenvalue weighted by atomic mass is 16.3. The summed E-state index contributed by atoms with van der Waals surface area (Å²) in [6, 6.07) is 0.249. The fourth-order valence-corrected chi connectivity index (χ4v) is 6.34. The number of hydrogen-bond donors (Lipinski definition) is 5. The van der Waals surface area contributed by atoms with Crippen LogP contribution in [0.4, 0.5) is 11.4 Å². The topological polar surface area (TPSA) is 208 Å². The van der Waals surface area contributed by atoms with Gasteiger partial charge in [0.25, 0.3) is 0 Å². The molecular formula is C25H30N4O9. The average Bonchev–Trinajstić information content (AvgIpc) is 2.82. The van der Waals surface area contributed by atoms with E-state index in [0.717, 1.165) is 0 Å². The number of fused-ring (bicyclic) bond motifs is 3. The maximum Gasteiger partial charge on any atom is 0.250 e. The Hall–Kier alpha value is -3.68. The fourth-order valence-electron chi connectivity index (χ4n) is 6.34. The number of phenols is 1. The predicted molar refractivity (Wildman–Crippen MR) is 131 cm³/mol. The molecule has 3 aliphatic carbocycles. The second-order valence-corrected chi connectivity index (χ2v) is 10.5. The third-order valence-electron chi connectivity index (χ3n) is 7.94. The van der Waals surface area contributed by atoms with E-state index >= 15 is 0 Å². The maximum absolute atomic E-state index is 13.9. The minimum absolute atomic E-state index is 0.0689. The lowest BCUT2D eigenvalue weighted by Gasteiger charge is -2.52. The first kappa shape index (κ1) is 27.4. The predicted octanol–water partition coefficient (Wildman–Crippen LogP) is -2.14. The molecule has 0 bridgehead atoms. The second-order valence-electron chi connectivity index (χ2n) is 10.5. The Kier molecular flexibility index (Phi) is 6.66. The lowest BCUT2D eigenvalue weighted by atomic mass is 9.52. The van der Waals surface area contributed by atoms with Crippen molar-refractivity contribution in [1.82, 2.24) is 4.90 Å². The molecule has 6 N–H and O–H groups in total. The van der Waals surface area contributed by atoms with Gasteiger partial charge in [0.2, 0.25) is 11.8 Å². The molecule has 0 spiro atoms. The molecule has 3 aliphatic rings. The highest BCUT2D eigenvalue weighted by Crippen LogP contribution is 2.52. The van der Waals surface area contributed by atoms with Crippen molar-refractivity contribution < 1.29 is 44.1 Å². The standard InChI is InChI=1S/C25H30N4O9/c1-28(2)13-7-12(27-14(31)8-30)19(32)16-10(13)5-9-6-11-18(29(3)4)21(34)17(24(26)37)23(36)25(11,38)22(35)15(9)20(16)33/h7,9,11,15,17-18,30,32,38H,5-6,8H2,1-4H3,(H2,26,37)(H,27,31)/t9?,11?,15?,17?,18-,25-/m0/s1. The summed E-state index contributed by atoms with van der Waals surface area (Å²) < 4.78 is 0. The van der Waals surface area contributed by atoms with Gasteiger partial charge < -0.3 is 31.3 Å². The van der Waals surface area contributed by atoms with Gasteiger partial charge in [0, 0.05) is 25.7 Å². The molecule has 2 amide bonds. The van der Waals surface area contributed by atoms with E-state index in [1.165, 1.54) is 25.1 Å². The Morgan fingerprint density at radius 2 is 1.76 bits per heavy atom. The van der Waals surface area contributed by atoms with Crippen LogP contribution in [0.3, 0.4) is 0 Å². The number of nitrogens with one attached hydrogen (secondary N) is 1. The van der Waals surface area contributed by atoms with Crippen LogP contribution < -0.4 is 16.0 Å². The number of Topliss-reactive ketones (excluding diaryl/α,β-unsaturated/α-hetero) is 4. The van der Waals surface area contributed by atoms with Crippen molar-refractivity contribution in [3.63, 3.8) is 0 Å². The number of aliphatic hydroxyl groups excluding tert-OH is 1. The first-order chi connectivity index (χ1) is 17.7. The average molecular weight is 531 g/mol. The van der Waals surface area contributed by atoms with Crippen LogP contribution in [0.1, 0.15) is 22.3 Å². The molecule has 0 aliphatic heterocycles. The van der Waals surface area contributed by atoms with Crippen molar-refractivity contribution in [3.05, 3.63) is 17.2 Å². The Balaban J connectivity index is 1.89. The number of aliphatic hydroxyl groups is 2. The van der Waals surface area contributed by atoms with Gasteiger partial charge in [0.1, 0.15) is 12.4 Å². The second kappa shape index (κ2) is 9.26. The molecule has 6 atom stereocenters. The van der Waals surface area contributed by atoms with Crippen molar-refractivity contribution in [2.75, 3.05) is 45.0 Å². The zero-order valence-corrected chi connectivity index (χ0v) is 21.3. The number of amides is 2. The number of aromatic hydroxyl groups is 1. The molecule has 2 saturated carbocycles. The summed E-state index contributed by atoms with van der Waals surface area (Å²) in [5.74, 6) is -12.5. The molecule has 38 heavy (non-hydrogen) atoms. The van der Waals surface area contributed by atoms with Crippen molar-refractivity contribution >= 4 is 46.3 Å². The molecule has 204 valence electrons. The Morgan fingerprint density at radius 1 is 1.13 bits per heavy atom. The molecule has 13 nitrogen and oxygen atoms in total. The minimum Gasteiger partial charge on any atom is -0.505 e. The molecule has 0 aromatic heterocycles. The van der Waals surface area contributed by atoms with E-state index in [4.69, 9.17) is 10.8 Å². The van der Waals surface area contributed by atoms with Gasteiger partial charge >= 0.3 is 0 Å². The highest BCUT2D eigenvalue weighted by molar-refractivity contribution is 6.32. The third kappa shape index (κ3) is 3.72. The number of rotatable bonds is 5. The van der Waals surface area contributed by atoms with Crippen molar-refractivity contribution in [2.45, 2.75) is 24.5 Å². The van der Waals surface area contributed by atoms with Gasteiger partial charge in [-0.15, -0.1) is 0 Å².